The molecule has 1 unspecified atom stereocenters. The lowest BCUT2D eigenvalue weighted by Crippen LogP contribution is -2.12. The second-order valence-corrected chi connectivity index (χ2v) is 4.15. The molecule has 0 saturated carbocycles. The number of aromatic nitrogens is 3. The highest BCUT2D eigenvalue weighted by Gasteiger charge is 2.13. The summed E-state index contributed by atoms with van der Waals surface area (Å²) in [5.74, 6) is 1.32. The topological polar surface area (TPSA) is 56.2 Å². The van der Waals surface area contributed by atoms with Crippen molar-refractivity contribution in [1.82, 2.24) is 14.6 Å². The van der Waals surface area contributed by atoms with E-state index >= 15 is 0 Å². The summed E-state index contributed by atoms with van der Waals surface area (Å²) in [7, 11) is 0. The SMILES string of the molecule is CC(C)c1nnc2cccc(C(C)N)n12. The van der Waals surface area contributed by atoms with Crippen LogP contribution in [0, 0.1) is 0 Å². The smallest absolute Gasteiger partial charge is 0.161 e. The van der Waals surface area contributed by atoms with E-state index in [0.717, 1.165) is 17.2 Å². The fourth-order valence-electron chi connectivity index (χ4n) is 1.72. The summed E-state index contributed by atoms with van der Waals surface area (Å²) in [6.07, 6.45) is 0. The summed E-state index contributed by atoms with van der Waals surface area (Å²) in [6, 6.07) is 5.92. The Morgan fingerprint density at radius 2 is 1.93 bits per heavy atom. The van der Waals surface area contributed by atoms with E-state index < -0.39 is 0 Å². The van der Waals surface area contributed by atoms with E-state index in [1.165, 1.54) is 0 Å². The zero-order valence-corrected chi connectivity index (χ0v) is 9.31. The minimum atomic E-state index is -0.0119. The number of hydrogen-bond acceptors (Lipinski definition) is 3. The van der Waals surface area contributed by atoms with Crippen LogP contribution >= 0.6 is 0 Å². The third-order valence-electron chi connectivity index (χ3n) is 2.47. The molecular weight excluding hydrogens is 188 g/mol. The number of nitrogens with zero attached hydrogens (tertiary/aromatic N) is 3. The summed E-state index contributed by atoms with van der Waals surface area (Å²) >= 11 is 0. The van der Waals surface area contributed by atoms with Crippen molar-refractivity contribution in [2.75, 3.05) is 0 Å². The fraction of sp³-hybridized carbons (Fsp3) is 0.455. The Labute approximate surface area is 89.1 Å². The first-order valence-electron chi connectivity index (χ1n) is 5.20. The maximum Gasteiger partial charge on any atom is 0.161 e. The van der Waals surface area contributed by atoms with E-state index in [2.05, 4.69) is 28.4 Å². The second kappa shape index (κ2) is 3.62. The summed E-state index contributed by atoms with van der Waals surface area (Å²) in [4.78, 5) is 0. The molecule has 2 heterocycles. The highest BCUT2D eigenvalue weighted by atomic mass is 15.3. The van der Waals surface area contributed by atoms with Gasteiger partial charge in [0.1, 0.15) is 5.82 Å². The van der Waals surface area contributed by atoms with Gasteiger partial charge in [-0.05, 0) is 19.1 Å². The van der Waals surface area contributed by atoms with Crippen LogP contribution in [0.4, 0.5) is 0 Å². The highest BCUT2D eigenvalue weighted by molar-refractivity contribution is 5.41. The fourth-order valence-corrected chi connectivity index (χ4v) is 1.72. The van der Waals surface area contributed by atoms with Crippen molar-refractivity contribution in [3.05, 3.63) is 29.7 Å². The molecule has 0 aliphatic heterocycles. The van der Waals surface area contributed by atoms with E-state index in [4.69, 9.17) is 5.73 Å². The third kappa shape index (κ3) is 1.61. The van der Waals surface area contributed by atoms with Gasteiger partial charge in [-0.2, -0.15) is 0 Å². The van der Waals surface area contributed by atoms with Crippen molar-refractivity contribution in [3.63, 3.8) is 0 Å². The lowest BCUT2D eigenvalue weighted by atomic mass is 10.2. The van der Waals surface area contributed by atoms with Crippen LogP contribution < -0.4 is 5.73 Å². The van der Waals surface area contributed by atoms with Gasteiger partial charge in [0, 0.05) is 17.7 Å². The third-order valence-corrected chi connectivity index (χ3v) is 2.47. The van der Waals surface area contributed by atoms with Crippen LogP contribution in [0.3, 0.4) is 0 Å². The molecule has 0 radical (unpaired) electrons. The van der Waals surface area contributed by atoms with Gasteiger partial charge in [0.25, 0.3) is 0 Å². The van der Waals surface area contributed by atoms with Crippen molar-refractivity contribution in [2.45, 2.75) is 32.7 Å². The molecule has 80 valence electrons. The molecule has 1 atom stereocenters. The minimum absolute atomic E-state index is 0.0119. The first-order chi connectivity index (χ1) is 7.11. The Kier molecular flexibility index (Phi) is 2.44. The Morgan fingerprint density at radius 1 is 1.20 bits per heavy atom. The molecule has 4 heteroatoms. The van der Waals surface area contributed by atoms with Crippen molar-refractivity contribution in [3.8, 4) is 0 Å². The molecular formula is C11H16N4. The van der Waals surface area contributed by atoms with Gasteiger partial charge in [-0.25, -0.2) is 0 Å². The van der Waals surface area contributed by atoms with Gasteiger partial charge in [-0.1, -0.05) is 19.9 Å². The number of pyridine rings is 1. The van der Waals surface area contributed by atoms with Crippen LogP contribution in [-0.4, -0.2) is 14.6 Å². The molecule has 0 spiro atoms. The summed E-state index contributed by atoms with van der Waals surface area (Å²) in [6.45, 7) is 6.18. The molecule has 4 nitrogen and oxygen atoms in total. The van der Waals surface area contributed by atoms with E-state index in [1.54, 1.807) is 0 Å². The van der Waals surface area contributed by atoms with E-state index in [0.29, 0.717) is 5.92 Å². The molecule has 2 rings (SSSR count). The summed E-state index contributed by atoms with van der Waals surface area (Å²) in [5, 5.41) is 8.34. The minimum Gasteiger partial charge on any atom is -0.323 e. The van der Waals surface area contributed by atoms with E-state index in [1.807, 2.05) is 25.1 Å². The molecule has 0 aromatic carbocycles. The largest absolute Gasteiger partial charge is 0.323 e. The Bertz CT molecular complexity index is 470. The normalized spacial score (nSPS) is 13.7. The molecule has 2 aromatic rings. The van der Waals surface area contributed by atoms with Gasteiger partial charge in [-0.3, -0.25) is 4.40 Å². The van der Waals surface area contributed by atoms with Gasteiger partial charge < -0.3 is 5.73 Å². The molecule has 2 N–H and O–H groups in total. The zero-order valence-electron chi connectivity index (χ0n) is 9.31. The maximum absolute atomic E-state index is 5.93. The number of hydrogen-bond donors (Lipinski definition) is 1. The van der Waals surface area contributed by atoms with Gasteiger partial charge in [0.2, 0.25) is 0 Å². The molecule has 0 saturated heterocycles. The molecule has 0 fully saturated rings. The van der Waals surface area contributed by atoms with Crippen molar-refractivity contribution in [1.29, 1.82) is 0 Å². The van der Waals surface area contributed by atoms with Crippen LogP contribution in [-0.2, 0) is 0 Å². The average molecular weight is 204 g/mol. The van der Waals surface area contributed by atoms with Crippen LogP contribution in [0.1, 0.15) is 44.2 Å². The molecule has 2 aromatic heterocycles. The predicted octanol–water partition coefficient (Wildman–Crippen LogP) is 1.87. The number of nitrogens with two attached hydrogens (primary N) is 1. The van der Waals surface area contributed by atoms with Crippen molar-refractivity contribution < 1.29 is 0 Å². The van der Waals surface area contributed by atoms with Crippen LogP contribution in [0.5, 0.6) is 0 Å². The van der Waals surface area contributed by atoms with Crippen LogP contribution in [0.25, 0.3) is 5.65 Å². The average Bonchev–Trinajstić information content (AvgIpc) is 2.60. The quantitative estimate of drug-likeness (QED) is 0.812. The highest BCUT2D eigenvalue weighted by Crippen LogP contribution is 2.18. The standard InChI is InChI=1S/C11H16N4/c1-7(2)11-14-13-10-6-4-5-9(8(3)12)15(10)11/h4-8H,12H2,1-3H3. The molecule has 0 bridgehead atoms. The summed E-state index contributed by atoms with van der Waals surface area (Å²) in [5.41, 5.74) is 7.86. The molecule has 0 aliphatic rings. The predicted molar refractivity (Wildman–Crippen MR) is 59.7 cm³/mol. The second-order valence-electron chi connectivity index (χ2n) is 4.15. The van der Waals surface area contributed by atoms with E-state index in [-0.39, 0.29) is 6.04 Å². The Morgan fingerprint density at radius 3 is 2.53 bits per heavy atom. The Hall–Kier alpha value is -1.42. The first-order valence-corrected chi connectivity index (χ1v) is 5.20. The van der Waals surface area contributed by atoms with Gasteiger partial charge in [0.15, 0.2) is 5.65 Å². The van der Waals surface area contributed by atoms with Gasteiger partial charge in [-0.15, -0.1) is 10.2 Å². The number of rotatable bonds is 2. The first kappa shape index (κ1) is 10.1. The Balaban J connectivity index is 2.75. The van der Waals surface area contributed by atoms with Crippen molar-refractivity contribution in [2.24, 2.45) is 5.73 Å². The van der Waals surface area contributed by atoms with Crippen LogP contribution in [0.2, 0.25) is 0 Å². The molecule has 0 aliphatic carbocycles. The summed E-state index contributed by atoms with van der Waals surface area (Å²) < 4.78 is 2.05. The van der Waals surface area contributed by atoms with Crippen LogP contribution in [0.15, 0.2) is 18.2 Å². The lowest BCUT2D eigenvalue weighted by Gasteiger charge is -2.11. The zero-order chi connectivity index (χ0) is 11.0. The maximum atomic E-state index is 5.93. The van der Waals surface area contributed by atoms with Gasteiger partial charge >= 0.3 is 0 Å². The van der Waals surface area contributed by atoms with E-state index in [9.17, 15) is 0 Å². The van der Waals surface area contributed by atoms with Gasteiger partial charge in [0.05, 0.1) is 0 Å². The molecule has 15 heavy (non-hydrogen) atoms. The molecule has 0 amide bonds. The van der Waals surface area contributed by atoms with Crippen molar-refractivity contribution >= 4 is 5.65 Å². The monoisotopic (exact) mass is 204 g/mol. The number of fused-ring (bicyclic) bond motifs is 1. The lowest BCUT2D eigenvalue weighted by molar-refractivity contribution is 0.704.